The monoisotopic (exact) mass is 1180 g/mol. The summed E-state index contributed by atoms with van der Waals surface area (Å²) in [7, 11) is -17.7. The predicted molar refractivity (Wildman–Crippen MR) is 275 cm³/mol. The van der Waals surface area contributed by atoms with Gasteiger partial charge in [-0.2, -0.15) is 16.8 Å². The number of benzene rings is 7. The number of carbonyl (C=O) groups is 2. The summed E-state index contributed by atoms with van der Waals surface area (Å²) in [6.07, 6.45) is 0. The molecule has 0 bridgehead atoms. The van der Waals surface area contributed by atoms with E-state index in [2.05, 4.69) is 31.1 Å². The predicted octanol–water partition coefficient (Wildman–Crippen LogP) is 13.0. The zero-order valence-electron chi connectivity index (χ0n) is 36.8. The second-order valence-electron chi connectivity index (χ2n) is 15.0. The van der Waals surface area contributed by atoms with Gasteiger partial charge in [0.25, 0.3) is 32.1 Å². The summed E-state index contributed by atoms with van der Waals surface area (Å²) in [5.41, 5.74) is -3.93. The van der Waals surface area contributed by atoms with E-state index in [1.54, 1.807) is 0 Å². The van der Waals surface area contributed by atoms with Gasteiger partial charge in [-0.15, -0.1) is 20.5 Å². The molecular weight excluding hydrogens is 1150 g/mol. The maximum Gasteiger partial charge on any atom is 0.296 e. The minimum Gasteiger partial charge on any atom is -0.505 e. The van der Waals surface area contributed by atoms with Crippen molar-refractivity contribution in [1.82, 2.24) is 0 Å². The molecule has 0 radical (unpaired) electrons. The van der Waals surface area contributed by atoms with E-state index >= 15 is 0 Å². The van der Waals surface area contributed by atoms with Crippen LogP contribution in [0.2, 0.25) is 20.1 Å². The lowest BCUT2D eigenvalue weighted by molar-refractivity contribution is 0.101. The van der Waals surface area contributed by atoms with Gasteiger partial charge < -0.3 is 57.6 Å². The van der Waals surface area contributed by atoms with Gasteiger partial charge in [0.1, 0.15) is 60.9 Å². The van der Waals surface area contributed by atoms with E-state index in [1.807, 2.05) is 0 Å². The lowest BCUT2D eigenvalue weighted by Gasteiger charge is -2.23. The van der Waals surface area contributed by atoms with Crippen LogP contribution >= 0.6 is 68.1 Å². The number of anilines is 2. The van der Waals surface area contributed by atoms with E-state index < -0.39 is 129 Å². The molecule has 0 fully saturated rings. The van der Waals surface area contributed by atoms with Gasteiger partial charge in [-0.3, -0.25) is 18.7 Å². The summed E-state index contributed by atoms with van der Waals surface area (Å²) in [5, 5.41) is 41.7. The Morgan fingerprint density at radius 2 is 0.919 bits per heavy atom. The molecule has 0 unspecified atom stereocenters. The van der Waals surface area contributed by atoms with E-state index in [4.69, 9.17) is 55.9 Å². The number of carbonyl (C=O) groups excluding carboxylic acids is 2. The van der Waals surface area contributed by atoms with E-state index in [0.29, 0.717) is 6.07 Å². The van der Waals surface area contributed by atoms with Gasteiger partial charge >= 0.3 is 0 Å². The molecule has 0 saturated heterocycles. The average molecular weight is 1180 g/mol. The molecule has 2 amide bonds. The largest absolute Gasteiger partial charge is 0.505 e. The molecule has 0 saturated carbocycles. The van der Waals surface area contributed by atoms with Gasteiger partial charge in [-0.1, -0.05) is 58.5 Å². The quantitative estimate of drug-likeness (QED) is 0.0355. The van der Waals surface area contributed by atoms with Crippen LogP contribution in [0.5, 0.6) is 23.0 Å². The summed E-state index contributed by atoms with van der Waals surface area (Å²) in [6.45, 7) is 0. The Bertz CT molecular complexity index is 3820. The van der Waals surface area contributed by atoms with Gasteiger partial charge in [0, 0.05) is 22.9 Å². The number of hydrogen-bond acceptors (Lipinski definition) is 20. The molecule has 0 atom stereocenters. The zero-order chi connectivity index (χ0) is 54.6. The van der Waals surface area contributed by atoms with Crippen molar-refractivity contribution < 1.29 is 82.5 Å². The lowest BCUT2D eigenvalue weighted by atomic mass is 10.1. The number of nitrogens with one attached hydrogen (secondary N) is 2. The highest BCUT2D eigenvalue weighted by atomic mass is 35.5. The Labute approximate surface area is 439 Å². The summed E-state index contributed by atoms with van der Waals surface area (Å²) < 4.78 is 143. The summed E-state index contributed by atoms with van der Waals surface area (Å²) >= 11 is 24.6. The highest BCUT2D eigenvalue weighted by Gasteiger charge is 2.31. The molecular formula is C42H32Cl4N6O18S4. The highest BCUT2D eigenvalue weighted by Crippen LogP contribution is 2.56. The second kappa shape index (κ2) is 20.9. The van der Waals surface area contributed by atoms with Crippen LogP contribution in [0.25, 0.3) is 21.5 Å². The number of hydrogen-bond donors (Lipinski definition) is 12. The first kappa shape index (κ1) is 55.6. The Kier molecular flexibility index (Phi) is 15.7. The minimum absolute atomic E-state index is 0.0321. The SMILES string of the molecule is COc1cc(N=Nc2c(S(=O)(=O)O)cc3cc(S(O)(O)O)cc(NC(=O)c4cccc(Cl)c4Cl)c3c2O)c(OC)cc1N=Nc1c(S(O)(O)O)cc2cc(S(=O)(=O)O)cc(NC(=O)c3cccc(Cl)c3Cl)c2c1O. The topological polar surface area (TPSA) is 397 Å². The normalized spacial score (nSPS) is 12.9. The second-order valence-corrected chi connectivity index (χ2v) is 22.3. The van der Waals surface area contributed by atoms with E-state index in [-0.39, 0.29) is 54.1 Å². The third-order valence-electron chi connectivity index (χ3n) is 10.3. The van der Waals surface area contributed by atoms with E-state index in [1.165, 1.54) is 36.4 Å². The number of phenols is 2. The smallest absolute Gasteiger partial charge is 0.296 e. The number of rotatable bonds is 14. The van der Waals surface area contributed by atoms with Crippen LogP contribution in [0.3, 0.4) is 0 Å². The van der Waals surface area contributed by atoms with Crippen molar-refractivity contribution in [3.05, 3.63) is 116 Å². The van der Waals surface area contributed by atoms with Crippen molar-refractivity contribution in [1.29, 1.82) is 0 Å². The first-order chi connectivity index (χ1) is 34.4. The summed E-state index contributed by atoms with van der Waals surface area (Å²) in [4.78, 5) is 23.3. The summed E-state index contributed by atoms with van der Waals surface area (Å²) in [6, 6.07) is 14.8. The van der Waals surface area contributed by atoms with Crippen LogP contribution in [-0.4, -0.2) is 89.5 Å². The van der Waals surface area contributed by atoms with E-state index in [0.717, 1.165) is 56.7 Å². The summed E-state index contributed by atoms with van der Waals surface area (Å²) in [5.74, 6) is -4.68. The van der Waals surface area contributed by atoms with Crippen molar-refractivity contribution >= 4 is 156 Å². The minimum atomic E-state index is -5.36. The molecule has 0 heterocycles. The van der Waals surface area contributed by atoms with Crippen molar-refractivity contribution in [3.63, 3.8) is 0 Å². The molecule has 24 nitrogen and oxygen atoms in total. The van der Waals surface area contributed by atoms with Crippen LogP contribution < -0.4 is 20.1 Å². The molecule has 0 aromatic heterocycles. The Balaban J connectivity index is 1.36. The number of fused-ring (bicyclic) bond motifs is 2. The average Bonchev–Trinajstić information content (AvgIpc) is 3.30. The number of ether oxygens (including phenoxy) is 2. The van der Waals surface area contributed by atoms with Crippen molar-refractivity contribution in [3.8, 4) is 23.0 Å². The van der Waals surface area contributed by atoms with Crippen LogP contribution in [-0.2, 0) is 20.2 Å². The molecule has 0 aliphatic heterocycles. The Morgan fingerprint density at radius 3 is 1.31 bits per heavy atom. The van der Waals surface area contributed by atoms with E-state index in [9.17, 15) is 73.1 Å². The van der Waals surface area contributed by atoms with Crippen LogP contribution in [0, 0.1) is 0 Å². The van der Waals surface area contributed by atoms with Gasteiger partial charge in [0.05, 0.1) is 71.5 Å². The molecule has 74 heavy (non-hydrogen) atoms. The molecule has 0 aliphatic rings. The molecule has 0 spiro atoms. The Morgan fingerprint density at radius 1 is 0.514 bits per heavy atom. The fourth-order valence-electron chi connectivity index (χ4n) is 6.99. The number of amides is 2. The molecule has 7 aromatic carbocycles. The van der Waals surface area contributed by atoms with Crippen molar-refractivity contribution in [2.75, 3.05) is 24.9 Å². The fourth-order valence-corrected chi connectivity index (χ4v) is 10.2. The highest BCUT2D eigenvalue weighted by molar-refractivity contribution is 8.19. The Hall–Kier alpha value is -6.16. The van der Waals surface area contributed by atoms with Crippen LogP contribution in [0.15, 0.2) is 125 Å². The van der Waals surface area contributed by atoms with Crippen molar-refractivity contribution in [2.24, 2.45) is 20.5 Å². The molecule has 12 N–H and O–H groups in total. The number of phenolic OH excluding ortho intramolecular Hbond substituents is 2. The third-order valence-corrected chi connectivity index (χ3v) is 15.4. The molecule has 7 aromatic rings. The maximum atomic E-state index is 13.5. The van der Waals surface area contributed by atoms with Crippen LogP contribution in [0.1, 0.15) is 20.7 Å². The van der Waals surface area contributed by atoms with Gasteiger partial charge in [0.15, 0.2) is 11.5 Å². The molecule has 390 valence electrons. The molecule has 0 aliphatic carbocycles. The number of halogens is 4. The number of methoxy groups -OCH3 is 2. The van der Waals surface area contributed by atoms with Gasteiger partial charge in [-0.05, 0) is 71.4 Å². The fraction of sp³-hybridized carbons (Fsp3) is 0.0476. The molecule has 32 heteroatoms. The number of nitrogens with zero attached hydrogens (tertiary/aromatic N) is 4. The number of aromatic hydroxyl groups is 2. The maximum absolute atomic E-state index is 13.5. The first-order valence-electron chi connectivity index (χ1n) is 19.7. The third kappa shape index (κ3) is 11.4. The molecule has 7 rings (SSSR count). The van der Waals surface area contributed by atoms with Gasteiger partial charge in [0.2, 0.25) is 0 Å². The zero-order valence-corrected chi connectivity index (χ0v) is 43.0. The lowest BCUT2D eigenvalue weighted by Crippen LogP contribution is -2.14. The first-order valence-corrected chi connectivity index (χ1v) is 27.1. The van der Waals surface area contributed by atoms with Crippen molar-refractivity contribution in [2.45, 2.75) is 19.6 Å². The van der Waals surface area contributed by atoms with Crippen LogP contribution in [0.4, 0.5) is 34.1 Å². The van der Waals surface area contributed by atoms with Gasteiger partial charge in [-0.25, -0.2) is 0 Å². The standard InChI is InChI=1S/C42H32Cl4N6O18S4/c1-69-29-15-26(50-52-38-32(74(66,67)68)12-18-10-20(72(60,61)62)14-28(34(18)40(38)54)48-42(56)22-6-4-8-24(44)36(22)46)30(70-2)16-25(29)49-51-37-31(73(63,64)65)11-17-9-19(71(57,58)59)13-27(33(17)39(37)53)47-41(55)21-5-3-7-23(43)35(21)45/h3-16,53-54,57-59,66-68H,1-2H3,(H,47,55)(H,48,56)(H,60,61,62)(H,63,64,65). The number of azo groups is 2.